The summed E-state index contributed by atoms with van der Waals surface area (Å²) in [5.74, 6) is -0.676. The number of carbonyl (C=O) groups excluding carboxylic acids is 1. The fourth-order valence-corrected chi connectivity index (χ4v) is 1.82. The van der Waals surface area contributed by atoms with E-state index >= 15 is 0 Å². The summed E-state index contributed by atoms with van der Waals surface area (Å²) >= 11 is 5.58. The van der Waals surface area contributed by atoms with Gasteiger partial charge in [-0.1, -0.05) is 17.7 Å². The van der Waals surface area contributed by atoms with Crippen molar-refractivity contribution < 1.29 is 9.18 Å². The summed E-state index contributed by atoms with van der Waals surface area (Å²) in [7, 11) is 0. The highest BCUT2D eigenvalue weighted by Gasteiger charge is 2.22. The lowest BCUT2D eigenvalue weighted by molar-refractivity contribution is 0.0968. The van der Waals surface area contributed by atoms with E-state index in [1.807, 2.05) is 0 Å². The van der Waals surface area contributed by atoms with Gasteiger partial charge in [-0.3, -0.25) is 4.79 Å². The average Bonchev–Trinajstić information content (AvgIpc) is 2.12. The van der Waals surface area contributed by atoms with Crippen LogP contribution >= 0.6 is 11.6 Å². The van der Waals surface area contributed by atoms with Gasteiger partial charge in [-0.2, -0.15) is 0 Å². The molecule has 0 aromatic heterocycles. The zero-order valence-corrected chi connectivity index (χ0v) is 7.70. The third kappa shape index (κ3) is 1.35. The Hall–Kier alpha value is -0.890. The summed E-state index contributed by atoms with van der Waals surface area (Å²) in [6.07, 6.45) is 2.02. The number of Topliss-reactive ketones (excluding diaryl/α,β-unsaturated/α-hetero) is 1. The highest BCUT2D eigenvalue weighted by Crippen LogP contribution is 2.27. The van der Waals surface area contributed by atoms with Gasteiger partial charge in [0.25, 0.3) is 0 Å². The van der Waals surface area contributed by atoms with E-state index in [-0.39, 0.29) is 16.4 Å². The maximum Gasteiger partial charge on any atom is 0.166 e. The molecule has 0 bridgehead atoms. The smallest absolute Gasteiger partial charge is 0.166 e. The summed E-state index contributed by atoms with van der Waals surface area (Å²) in [5, 5.41) is 0.0361. The molecule has 0 amide bonds. The third-order valence-corrected chi connectivity index (χ3v) is 2.60. The largest absolute Gasteiger partial charge is 0.294 e. The zero-order valence-electron chi connectivity index (χ0n) is 6.94. The Morgan fingerprint density at radius 3 is 2.85 bits per heavy atom. The van der Waals surface area contributed by atoms with Crippen LogP contribution in [0.25, 0.3) is 0 Å². The minimum Gasteiger partial charge on any atom is -0.294 e. The zero-order chi connectivity index (χ0) is 9.42. The van der Waals surface area contributed by atoms with Gasteiger partial charge >= 0.3 is 0 Å². The molecule has 13 heavy (non-hydrogen) atoms. The van der Waals surface area contributed by atoms with E-state index in [0.29, 0.717) is 6.42 Å². The minimum absolute atomic E-state index is 0.0361. The van der Waals surface area contributed by atoms with Crippen LogP contribution in [0, 0.1) is 5.82 Å². The van der Waals surface area contributed by atoms with Crippen LogP contribution in [0.3, 0.4) is 0 Å². The van der Waals surface area contributed by atoms with Crippen LogP contribution < -0.4 is 0 Å². The van der Waals surface area contributed by atoms with Crippen molar-refractivity contribution in [2.24, 2.45) is 0 Å². The first-order valence-corrected chi connectivity index (χ1v) is 4.58. The quantitative estimate of drug-likeness (QED) is 0.626. The molecular weight excluding hydrogens is 191 g/mol. The molecule has 0 atom stereocenters. The molecule has 1 nitrogen and oxygen atoms in total. The number of rotatable bonds is 0. The molecule has 0 heterocycles. The maximum absolute atomic E-state index is 13.4. The lowest BCUT2D eigenvalue weighted by Crippen LogP contribution is -2.13. The number of hydrogen-bond donors (Lipinski definition) is 0. The van der Waals surface area contributed by atoms with Crippen LogP contribution in [-0.4, -0.2) is 5.78 Å². The van der Waals surface area contributed by atoms with E-state index in [2.05, 4.69) is 0 Å². The number of aryl methyl sites for hydroxylation is 1. The van der Waals surface area contributed by atoms with Crippen LogP contribution in [0.1, 0.15) is 28.8 Å². The van der Waals surface area contributed by atoms with Gasteiger partial charge in [-0.15, -0.1) is 0 Å². The standard InChI is InChI=1S/C10H8ClFO/c11-7-5-4-6-2-1-3-8(13)9(6)10(7)12/h4-5H,1-3H2. The Morgan fingerprint density at radius 1 is 1.31 bits per heavy atom. The second-order valence-electron chi connectivity index (χ2n) is 3.17. The highest BCUT2D eigenvalue weighted by molar-refractivity contribution is 6.31. The van der Waals surface area contributed by atoms with Gasteiger partial charge in [0.1, 0.15) is 0 Å². The van der Waals surface area contributed by atoms with Gasteiger partial charge in [-0.25, -0.2) is 4.39 Å². The molecular formula is C10H8ClFO. The van der Waals surface area contributed by atoms with E-state index in [4.69, 9.17) is 11.6 Å². The van der Waals surface area contributed by atoms with Crippen LogP contribution in [0.4, 0.5) is 4.39 Å². The summed E-state index contributed by atoms with van der Waals surface area (Å²) in [6, 6.07) is 3.24. The first-order chi connectivity index (χ1) is 6.20. The topological polar surface area (TPSA) is 17.1 Å². The van der Waals surface area contributed by atoms with E-state index in [9.17, 15) is 9.18 Å². The third-order valence-electron chi connectivity index (χ3n) is 2.31. The molecule has 68 valence electrons. The Kier molecular flexibility index (Phi) is 2.08. The number of halogens is 2. The van der Waals surface area contributed by atoms with Crippen molar-refractivity contribution in [3.63, 3.8) is 0 Å². The van der Waals surface area contributed by atoms with Crippen LogP contribution in [0.15, 0.2) is 12.1 Å². The van der Waals surface area contributed by atoms with Crippen LogP contribution in [0.2, 0.25) is 5.02 Å². The molecule has 0 saturated heterocycles. The SMILES string of the molecule is O=C1CCCc2ccc(Cl)c(F)c21. The summed E-state index contributed by atoms with van der Waals surface area (Å²) in [4.78, 5) is 11.4. The normalized spacial score (nSPS) is 15.7. The van der Waals surface area contributed by atoms with Gasteiger partial charge in [0, 0.05) is 6.42 Å². The average molecular weight is 199 g/mol. The molecule has 0 unspecified atom stereocenters. The fraction of sp³-hybridized carbons (Fsp3) is 0.300. The summed E-state index contributed by atoms with van der Waals surface area (Å²) in [5.41, 5.74) is 0.997. The van der Waals surface area contributed by atoms with Crippen molar-refractivity contribution in [2.75, 3.05) is 0 Å². The Bertz CT molecular complexity index is 373. The molecule has 0 aliphatic heterocycles. The summed E-state index contributed by atoms with van der Waals surface area (Å²) in [6.45, 7) is 0. The van der Waals surface area contributed by atoms with Crippen LogP contribution in [0.5, 0.6) is 0 Å². The van der Waals surface area contributed by atoms with Crippen LogP contribution in [-0.2, 0) is 6.42 Å². The molecule has 0 radical (unpaired) electrons. The second kappa shape index (κ2) is 3.11. The van der Waals surface area contributed by atoms with E-state index in [1.165, 1.54) is 6.07 Å². The molecule has 0 saturated carbocycles. The fourth-order valence-electron chi connectivity index (χ4n) is 1.66. The monoisotopic (exact) mass is 198 g/mol. The predicted octanol–water partition coefficient (Wildman–Crippen LogP) is 3.00. The molecule has 0 fully saturated rings. The maximum atomic E-state index is 13.4. The molecule has 3 heteroatoms. The van der Waals surface area contributed by atoms with Crippen molar-refractivity contribution in [1.82, 2.24) is 0 Å². The van der Waals surface area contributed by atoms with E-state index in [0.717, 1.165) is 18.4 Å². The van der Waals surface area contributed by atoms with Crippen molar-refractivity contribution in [1.29, 1.82) is 0 Å². The van der Waals surface area contributed by atoms with Gasteiger partial charge < -0.3 is 0 Å². The predicted molar refractivity (Wildman–Crippen MR) is 48.7 cm³/mol. The molecule has 0 N–H and O–H groups in total. The number of carbonyl (C=O) groups is 1. The number of fused-ring (bicyclic) bond motifs is 1. The Balaban J connectivity index is 2.65. The van der Waals surface area contributed by atoms with E-state index < -0.39 is 5.82 Å². The van der Waals surface area contributed by atoms with E-state index in [1.54, 1.807) is 6.07 Å². The molecule has 1 aliphatic rings. The lowest BCUT2D eigenvalue weighted by Gasteiger charge is -2.15. The Labute approximate surface area is 80.5 Å². The number of benzene rings is 1. The first kappa shape index (κ1) is 8.70. The Morgan fingerprint density at radius 2 is 2.08 bits per heavy atom. The minimum atomic E-state index is -0.552. The van der Waals surface area contributed by atoms with Gasteiger partial charge in [0.15, 0.2) is 11.6 Å². The first-order valence-electron chi connectivity index (χ1n) is 4.20. The molecule has 1 aromatic carbocycles. The molecule has 2 rings (SSSR count). The highest BCUT2D eigenvalue weighted by atomic mass is 35.5. The van der Waals surface area contributed by atoms with Crippen molar-refractivity contribution >= 4 is 17.4 Å². The second-order valence-corrected chi connectivity index (χ2v) is 3.58. The van der Waals surface area contributed by atoms with Crippen molar-refractivity contribution in [2.45, 2.75) is 19.3 Å². The lowest BCUT2D eigenvalue weighted by atomic mass is 9.90. The summed E-state index contributed by atoms with van der Waals surface area (Å²) < 4.78 is 13.4. The van der Waals surface area contributed by atoms with Crippen molar-refractivity contribution in [3.8, 4) is 0 Å². The molecule has 0 spiro atoms. The number of ketones is 1. The van der Waals surface area contributed by atoms with Crippen molar-refractivity contribution in [3.05, 3.63) is 34.1 Å². The number of hydrogen-bond acceptors (Lipinski definition) is 1. The van der Waals surface area contributed by atoms with Gasteiger partial charge in [-0.05, 0) is 24.5 Å². The van der Waals surface area contributed by atoms with Gasteiger partial charge in [0.05, 0.1) is 10.6 Å². The van der Waals surface area contributed by atoms with Gasteiger partial charge in [0.2, 0.25) is 0 Å². The molecule has 1 aromatic rings. The molecule has 1 aliphatic carbocycles.